The highest BCUT2D eigenvalue weighted by molar-refractivity contribution is 5.40. The number of hydrogen-bond acceptors (Lipinski definition) is 3. The molecular formula is C18H29N3. The number of pyridine rings is 1. The van der Waals surface area contributed by atoms with Crippen molar-refractivity contribution in [2.24, 2.45) is 11.8 Å². The summed E-state index contributed by atoms with van der Waals surface area (Å²) in [5.74, 6) is 3.02. The molecule has 0 radical (unpaired) electrons. The van der Waals surface area contributed by atoms with Gasteiger partial charge in [0.25, 0.3) is 0 Å². The summed E-state index contributed by atoms with van der Waals surface area (Å²) >= 11 is 0. The Morgan fingerprint density at radius 3 is 2.24 bits per heavy atom. The first-order chi connectivity index (χ1) is 9.99. The van der Waals surface area contributed by atoms with Gasteiger partial charge in [0.1, 0.15) is 5.82 Å². The van der Waals surface area contributed by atoms with Crippen LogP contribution in [0.25, 0.3) is 0 Å². The first-order valence-corrected chi connectivity index (χ1v) is 8.45. The molecule has 0 aliphatic heterocycles. The minimum Gasteiger partial charge on any atom is -0.356 e. The van der Waals surface area contributed by atoms with Crippen LogP contribution < -0.4 is 10.2 Å². The highest BCUT2D eigenvalue weighted by Crippen LogP contribution is 2.35. The van der Waals surface area contributed by atoms with Crippen LogP contribution in [0.15, 0.2) is 18.2 Å². The Balaban J connectivity index is 1.66. The number of rotatable bonds is 7. The van der Waals surface area contributed by atoms with Crippen molar-refractivity contribution in [3.05, 3.63) is 23.9 Å². The molecule has 0 amide bonds. The van der Waals surface area contributed by atoms with E-state index in [2.05, 4.69) is 49.2 Å². The van der Waals surface area contributed by atoms with E-state index in [4.69, 9.17) is 4.98 Å². The summed E-state index contributed by atoms with van der Waals surface area (Å²) in [4.78, 5) is 7.44. The van der Waals surface area contributed by atoms with Gasteiger partial charge in [0, 0.05) is 25.2 Å². The third-order valence-electron chi connectivity index (χ3n) is 4.27. The van der Waals surface area contributed by atoms with Crippen LogP contribution in [0.4, 0.5) is 5.82 Å². The Hall–Kier alpha value is -1.09. The molecule has 3 nitrogen and oxygen atoms in total. The third-order valence-corrected chi connectivity index (χ3v) is 4.27. The van der Waals surface area contributed by atoms with Crippen molar-refractivity contribution in [1.29, 1.82) is 0 Å². The van der Waals surface area contributed by atoms with Crippen LogP contribution >= 0.6 is 0 Å². The Morgan fingerprint density at radius 2 is 1.71 bits per heavy atom. The van der Waals surface area contributed by atoms with E-state index < -0.39 is 0 Å². The van der Waals surface area contributed by atoms with E-state index in [-0.39, 0.29) is 5.54 Å². The van der Waals surface area contributed by atoms with Crippen LogP contribution in [-0.4, -0.2) is 23.6 Å². The number of aromatic nitrogens is 1. The molecule has 3 heteroatoms. The van der Waals surface area contributed by atoms with Crippen molar-refractivity contribution < 1.29 is 0 Å². The zero-order valence-corrected chi connectivity index (χ0v) is 13.7. The van der Waals surface area contributed by atoms with E-state index in [9.17, 15) is 0 Å². The third kappa shape index (κ3) is 4.99. The number of anilines is 1. The molecule has 0 spiro atoms. The number of nitrogens with zero attached hydrogens (tertiary/aromatic N) is 2. The van der Waals surface area contributed by atoms with E-state index >= 15 is 0 Å². The lowest BCUT2D eigenvalue weighted by Crippen LogP contribution is -2.35. The van der Waals surface area contributed by atoms with Gasteiger partial charge in [-0.15, -0.1) is 0 Å². The second kappa shape index (κ2) is 5.96. The largest absolute Gasteiger partial charge is 0.356 e. The lowest BCUT2D eigenvalue weighted by molar-refractivity contribution is 0.421. The van der Waals surface area contributed by atoms with Crippen LogP contribution in [0.3, 0.4) is 0 Å². The fraction of sp³-hybridized carbons (Fsp3) is 0.722. The van der Waals surface area contributed by atoms with Gasteiger partial charge in [-0.3, -0.25) is 0 Å². The number of hydrogen-bond donors (Lipinski definition) is 1. The SMILES string of the molecule is CC(C)(C)NCc1cccc(N(CC2CC2)CC2CC2)n1. The molecule has 2 saturated carbocycles. The predicted octanol–water partition coefficient (Wildman–Crippen LogP) is 3.60. The van der Waals surface area contributed by atoms with E-state index in [1.807, 2.05) is 0 Å². The van der Waals surface area contributed by atoms with Crippen molar-refractivity contribution in [3.63, 3.8) is 0 Å². The summed E-state index contributed by atoms with van der Waals surface area (Å²) in [6.07, 6.45) is 5.64. The second-order valence-electron chi connectivity index (χ2n) is 7.88. The van der Waals surface area contributed by atoms with Gasteiger partial charge in [-0.1, -0.05) is 6.07 Å². The van der Waals surface area contributed by atoms with Crippen molar-refractivity contribution in [2.45, 2.75) is 58.5 Å². The minimum absolute atomic E-state index is 0.138. The zero-order valence-electron chi connectivity index (χ0n) is 13.7. The van der Waals surface area contributed by atoms with Gasteiger partial charge in [0.2, 0.25) is 0 Å². The molecule has 0 aromatic carbocycles. The predicted molar refractivity (Wildman–Crippen MR) is 88.5 cm³/mol. The van der Waals surface area contributed by atoms with Crippen LogP contribution in [0, 0.1) is 11.8 Å². The number of nitrogens with one attached hydrogen (secondary N) is 1. The normalized spacial score (nSPS) is 18.8. The molecular weight excluding hydrogens is 258 g/mol. The van der Waals surface area contributed by atoms with Gasteiger partial charge in [0.15, 0.2) is 0 Å². The fourth-order valence-corrected chi connectivity index (χ4v) is 2.58. The standard InChI is InChI=1S/C18H29N3/c1-18(2,3)19-11-16-5-4-6-17(20-16)21(12-14-7-8-14)13-15-9-10-15/h4-6,14-15,19H,7-13H2,1-3H3. The average molecular weight is 287 g/mol. The fourth-order valence-electron chi connectivity index (χ4n) is 2.58. The lowest BCUT2D eigenvalue weighted by atomic mass is 10.1. The summed E-state index contributed by atoms with van der Waals surface area (Å²) < 4.78 is 0. The van der Waals surface area contributed by atoms with Gasteiger partial charge in [-0.05, 0) is 70.4 Å². The first kappa shape index (κ1) is 14.8. The van der Waals surface area contributed by atoms with Crippen molar-refractivity contribution in [2.75, 3.05) is 18.0 Å². The molecule has 2 fully saturated rings. The molecule has 2 aliphatic carbocycles. The van der Waals surface area contributed by atoms with E-state index in [0.29, 0.717) is 0 Å². The minimum atomic E-state index is 0.138. The molecule has 116 valence electrons. The summed E-state index contributed by atoms with van der Waals surface area (Å²) in [6.45, 7) is 9.85. The van der Waals surface area contributed by atoms with Crippen molar-refractivity contribution >= 4 is 5.82 Å². The lowest BCUT2D eigenvalue weighted by Gasteiger charge is -2.25. The van der Waals surface area contributed by atoms with Crippen LogP contribution in [0.5, 0.6) is 0 Å². The summed E-state index contributed by atoms with van der Waals surface area (Å²) in [7, 11) is 0. The zero-order chi connectivity index (χ0) is 14.9. The van der Waals surface area contributed by atoms with Crippen LogP contribution in [-0.2, 0) is 6.54 Å². The van der Waals surface area contributed by atoms with Gasteiger partial charge in [0.05, 0.1) is 5.69 Å². The molecule has 21 heavy (non-hydrogen) atoms. The molecule has 1 N–H and O–H groups in total. The molecule has 0 unspecified atom stereocenters. The molecule has 0 atom stereocenters. The molecule has 2 aliphatic rings. The molecule has 1 heterocycles. The van der Waals surface area contributed by atoms with Gasteiger partial charge < -0.3 is 10.2 Å². The van der Waals surface area contributed by atoms with Crippen molar-refractivity contribution in [3.8, 4) is 0 Å². The van der Waals surface area contributed by atoms with Gasteiger partial charge in [-0.25, -0.2) is 4.98 Å². The Labute approximate surface area is 129 Å². The summed E-state index contributed by atoms with van der Waals surface area (Å²) in [6, 6.07) is 6.48. The summed E-state index contributed by atoms with van der Waals surface area (Å²) in [5.41, 5.74) is 1.29. The Kier molecular flexibility index (Phi) is 4.21. The maximum absolute atomic E-state index is 4.90. The topological polar surface area (TPSA) is 28.2 Å². The Morgan fingerprint density at radius 1 is 1.10 bits per heavy atom. The van der Waals surface area contributed by atoms with Crippen LogP contribution in [0.1, 0.15) is 52.1 Å². The molecule has 3 rings (SSSR count). The van der Waals surface area contributed by atoms with Crippen LogP contribution in [0.2, 0.25) is 0 Å². The smallest absolute Gasteiger partial charge is 0.128 e. The molecule has 0 bridgehead atoms. The second-order valence-corrected chi connectivity index (χ2v) is 7.88. The molecule has 1 aromatic heterocycles. The molecule has 1 aromatic rings. The highest BCUT2D eigenvalue weighted by atomic mass is 15.2. The van der Waals surface area contributed by atoms with Gasteiger partial charge in [-0.2, -0.15) is 0 Å². The van der Waals surface area contributed by atoms with E-state index in [0.717, 1.165) is 24.1 Å². The maximum atomic E-state index is 4.90. The monoisotopic (exact) mass is 287 g/mol. The maximum Gasteiger partial charge on any atom is 0.128 e. The Bertz CT molecular complexity index is 456. The quantitative estimate of drug-likeness (QED) is 0.830. The van der Waals surface area contributed by atoms with Crippen molar-refractivity contribution in [1.82, 2.24) is 10.3 Å². The highest BCUT2D eigenvalue weighted by Gasteiger charge is 2.29. The first-order valence-electron chi connectivity index (χ1n) is 8.45. The summed E-state index contributed by atoms with van der Waals surface area (Å²) in [5, 5.41) is 3.53. The van der Waals surface area contributed by atoms with E-state index in [1.165, 1.54) is 44.6 Å². The van der Waals surface area contributed by atoms with E-state index in [1.54, 1.807) is 0 Å². The molecule has 0 saturated heterocycles. The average Bonchev–Trinajstić information content (AvgIpc) is 3.30. The van der Waals surface area contributed by atoms with Gasteiger partial charge >= 0.3 is 0 Å².